The molecule has 0 bridgehead atoms. The maximum Gasteiger partial charge on any atom is 0.106 e. The van der Waals surface area contributed by atoms with Crippen LogP contribution in [0, 0.1) is 0 Å². The van der Waals surface area contributed by atoms with E-state index in [1.165, 1.54) is 27.7 Å². The molecule has 1 heterocycles. The minimum absolute atomic E-state index is 0.243. The number of thioether (sulfide) groups is 1. The molecule has 2 aromatic carbocycles. The van der Waals surface area contributed by atoms with E-state index in [0.717, 1.165) is 19.3 Å². The van der Waals surface area contributed by atoms with E-state index in [-0.39, 0.29) is 5.44 Å². The highest BCUT2D eigenvalue weighted by Gasteiger charge is 2.06. The molecule has 1 atom stereocenters. The molecule has 0 saturated carbocycles. The number of aryl methyl sites for hydroxylation is 2. The highest BCUT2D eigenvalue weighted by atomic mass is 32.2. The monoisotopic (exact) mass is 325 g/mol. The third-order valence-electron chi connectivity index (χ3n) is 4.22. The number of nitrogens with one attached hydrogen (secondary N) is 1. The smallest absolute Gasteiger partial charge is 0.106 e. The summed E-state index contributed by atoms with van der Waals surface area (Å²) in [6.45, 7) is 0. The molecular weight excluding hydrogens is 302 g/mol. The average molecular weight is 325 g/mol. The Balaban J connectivity index is 1.59. The van der Waals surface area contributed by atoms with Crippen LogP contribution in [0.4, 0.5) is 0 Å². The van der Waals surface area contributed by atoms with Gasteiger partial charge in [0.05, 0.1) is 0 Å². The van der Waals surface area contributed by atoms with E-state index in [0.29, 0.717) is 0 Å². The zero-order valence-corrected chi connectivity index (χ0v) is 14.5. The summed E-state index contributed by atoms with van der Waals surface area (Å²) in [7, 11) is 1.77. The molecule has 0 fully saturated rings. The van der Waals surface area contributed by atoms with Gasteiger partial charge in [-0.3, -0.25) is 0 Å². The van der Waals surface area contributed by atoms with Crippen molar-refractivity contribution in [3.63, 3.8) is 0 Å². The van der Waals surface area contributed by atoms with Crippen LogP contribution >= 0.6 is 11.8 Å². The summed E-state index contributed by atoms with van der Waals surface area (Å²) >= 11 is 1.75. The topological polar surface area (TPSA) is 25.0 Å². The van der Waals surface area contributed by atoms with Gasteiger partial charge in [0, 0.05) is 24.7 Å². The standard InChI is InChI=1S/C20H23NOS/c1-22-20(23-2)13-16-9-7-15(8-10-16)11-12-18-14-17-5-3-4-6-19(17)21-18/h3-10,14,20-21H,11-13H2,1-2H3. The first kappa shape index (κ1) is 16.2. The average Bonchev–Trinajstić information content (AvgIpc) is 3.02. The number of hydrogen-bond acceptors (Lipinski definition) is 2. The van der Waals surface area contributed by atoms with Gasteiger partial charge in [0.15, 0.2) is 0 Å². The number of aromatic amines is 1. The van der Waals surface area contributed by atoms with Crippen molar-refractivity contribution in [2.75, 3.05) is 13.4 Å². The molecule has 0 saturated heterocycles. The van der Waals surface area contributed by atoms with Gasteiger partial charge in [-0.15, -0.1) is 11.8 Å². The van der Waals surface area contributed by atoms with Crippen molar-refractivity contribution >= 4 is 22.7 Å². The molecule has 0 aliphatic carbocycles. The third kappa shape index (κ3) is 4.18. The second-order valence-corrected chi connectivity index (χ2v) is 6.80. The normalized spacial score (nSPS) is 12.6. The summed E-state index contributed by atoms with van der Waals surface area (Å²) in [6.07, 6.45) is 5.14. The minimum Gasteiger partial charge on any atom is -0.370 e. The Labute approximate surface area is 142 Å². The molecule has 3 aromatic rings. The minimum atomic E-state index is 0.243. The van der Waals surface area contributed by atoms with Crippen LogP contribution in [0.3, 0.4) is 0 Å². The van der Waals surface area contributed by atoms with E-state index in [9.17, 15) is 0 Å². The van der Waals surface area contributed by atoms with Crippen LogP contribution in [-0.4, -0.2) is 23.8 Å². The quantitative estimate of drug-likeness (QED) is 0.629. The number of fused-ring (bicyclic) bond motifs is 1. The Bertz CT molecular complexity index is 711. The number of methoxy groups -OCH3 is 1. The van der Waals surface area contributed by atoms with Crippen LogP contribution in [0.25, 0.3) is 10.9 Å². The van der Waals surface area contributed by atoms with Gasteiger partial charge in [0.25, 0.3) is 0 Å². The molecule has 3 rings (SSSR count). The zero-order chi connectivity index (χ0) is 16.1. The maximum atomic E-state index is 5.43. The largest absolute Gasteiger partial charge is 0.370 e. The number of rotatable bonds is 7. The fourth-order valence-corrected chi connectivity index (χ4v) is 3.40. The molecule has 2 nitrogen and oxygen atoms in total. The molecule has 1 unspecified atom stereocenters. The van der Waals surface area contributed by atoms with Crippen LogP contribution in [0.15, 0.2) is 54.6 Å². The lowest BCUT2D eigenvalue weighted by Crippen LogP contribution is -2.08. The highest BCUT2D eigenvalue weighted by molar-refractivity contribution is 7.99. The fourth-order valence-electron chi connectivity index (χ4n) is 2.84. The van der Waals surface area contributed by atoms with Crippen LogP contribution in [0.5, 0.6) is 0 Å². The number of H-pyrrole nitrogens is 1. The molecular formula is C20H23NOS. The van der Waals surface area contributed by atoms with Crippen LogP contribution in [-0.2, 0) is 24.0 Å². The predicted molar refractivity (Wildman–Crippen MR) is 100 cm³/mol. The summed E-state index contributed by atoms with van der Waals surface area (Å²) in [5.41, 5.74) is 5.48. The van der Waals surface area contributed by atoms with Crippen LogP contribution < -0.4 is 0 Å². The van der Waals surface area contributed by atoms with Crippen LogP contribution in [0.2, 0.25) is 0 Å². The second-order valence-electron chi connectivity index (χ2n) is 5.80. The van der Waals surface area contributed by atoms with Crippen molar-refractivity contribution in [2.24, 2.45) is 0 Å². The van der Waals surface area contributed by atoms with Gasteiger partial charge in [0.1, 0.15) is 5.44 Å². The van der Waals surface area contributed by atoms with Gasteiger partial charge in [0.2, 0.25) is 0 Å². The van der Waals surface area contributed by atoms with E-state index in [2.05, 4.69) is 65.8 Å². The van der Waals surface area contributed by atoms with Crippen molar-refractivity contribution in [1.29, 1.82) is 0 Å². The molecule has 1 aromatic heterocycles. The Morgan fingerprint density at radius 2 is 1.74 bits per heavy atom. The first-order chi connectivity index (χ1) is 11.3. The number of hydrogen-bond donors (Lipinski definition) is 1. The van der Waals surface area contributed by atoms with E-state index in [1.807, 2.05) is 0 Å². The van der Waals surface area contributed by atoms with E-state index < -0.39 is 0 Å². The Kier molecular flexibility index (Phi) is 5.42. The fraction of sp³-hybridized carbons (Fsp3) is 0.300. The molecule has 23 heavy (non-hydrogen) atoms. The number of para-hydroxylation sites is 1. The molecule has 0 amide bonds. The third-order valence-corrected chi connectivity index (χ3v) is 5.10. The zero-order valence-electron chi connectivity index (χ0n) is 13.7. The Morgan fingerprint density at radius 1 is 1.00 bits per heavy atom. The summed E-state index contributed by atoms with van der Waals surface area (Å²) in [4.78, 5) is 3.50. The lowest BCUT2D eigenvalue weighted by Gasteiger charge is -2.12. The van der Waals surface area contributed by atoms with E-state index in [4.69, 9.17) is 4.74 Å². The van der Waals surface area contributed by atoms with E-state index in [1.54, 1.807) is 18.9 Å². The highest BCUT2D eigenvalue weighted by Crippen LogP contribution is 2.18. The summed E-state index contributed by atoms with van der Waals surface area (Å²) in [6, 6.07) is 19.6. The molecule has 3 heteroatoms. The number of aromatic nitrogens is 1. The van der Waals surface area contributed by atoms with Crippen molar-refractivity contribution in [3.05, 3.63) is 71.4 Å². The number of ether oxygens (including phenoxy) is 1. The van der Waals surface area contributed by atoms with Crippen LogP contribution in [0.1, 0.15) is 16.8 Å². The SMILES string of the molecule is COC(Cc1ccc(CCc2cc3ccccc3[nH]2)cc1)SC. The first-order valence-electron chi connectivity index (χ1n) is 7.98. The van der Waals surface area contributed by atoms with E-state index >= 15 is 0 Å². The molecule has 1 N–H and O–H groups in total. The van der Waals surface area contributed by atoms with Gasteiger partial charge in [-0.05, 0) is 47.7 Å². The van der Waals surface area contributed by atoms with Gasteiger partial charge in [-0.2, -0.15) is 0 Å². The number of benzene rings is 2. The van der Waals surface area contributed by atoms with Gasteiger partial charge >= 0.3 is 0 Å². The van der Waals surface area contributed by atoms with Gasteiger partial charge in [-0.1, -0.05) is 42.5 Å². The summed E-state index contributed by atoms with van der Waals surface area (Å²) < 4.78 is 5.43. The summed E-state index contributed by atoms with van der Waals surface area (Å²) in [5.74, 6) is 0. The summed E-state index contributed by atoms with van der Waals surface area (Å²) in [5, 5.41) is 1.29. The molecule has 0 aliphatic rings. The molecule has 0 spiro atoms. The first-order valence-corrected chi connectivity index (χ1v) is 9.27. The Hall–Kier alpha value is -1.71. The van der Waals surface area contributed by atoms with Crippen molar-refractivity contribution < 1.29 is 4.74 Å². The lowest BCUT2D eigenvalue weighted by atomic mass is 10.0. The second kappa shape index (κ2) is 7.71. The lowest BCUT2D eigenvalue weighted by molar-refractivity contribution is 0.174. The molecule has 0 radical (unpaired) electrons. The predicted octanol–water partition coefficient (Wildman–Crippen LogP) is 4.83. The van der Waals surface area contributed by atoms with Crippen molar-refractivity contribution in [1.82, 2.24) is 4.98 Å². The van der Waals surface area contributed by atoms with Crippen molar-refractivity contribution in [3.8, 4) is 0 Å². The van der Waals surface area contributed by atoms with Gasteiger partial charge in [-0.25, -0.2) is 0 Å². The van der Waals surface area contributed by atoms with Crippen molar-refractivity contribution in [2.45, 2.75) is 24.7 Å². The maximum absolute atomic E-state index is 5.43. The Morgan fingerprint density at radius 3 is 2.43 bits per heavy atom. The van der Waals surface area contributed by atoms with Gasteiger partial charge < -0.3 is 9.72 Å². The molecule has 120 valence electrons. The molecule has 0 aliphatic heterocycles.